The minimum atomic E-state index is -4.37. The van der Waals surface area contributed by atoms with Gasteiger partial charge >= 0.3 is 6.18 Å². The summed E-state index contributed by atoms with van der Waals surface area (Å²) in [5.74, 6) is -0.185. The van der Waals surface area contributed by atoms with Crippen LogP contribution in [0.2, 0.25) is 0 Å². The van der Waals surface area contributed by atoms with Gasteiger partial charge in [0, 0.05) is 18.7 Å². The minimum Gasteiger partial charge on any atom is -0.293 e. The number of carbonyl (C=O) groups is 1. The maximum atomic E-state index is 12.6. The monoisotopic (exact) mass is 265 g/mol. The van der Waals surface area contributed by atoms with Crippen molar-refractivity contribution in [3.63, 3.8) is 0 Å². The van der Waals surface area contributed by atoms with Gasteiger partial charge in [-0.1, -0.05) is 18.2 Å². The van der Waals surface area contributed by atoms with Crippen LogP contribution in [0.4, 0.5) is 13.2 Å². The van der Waals surface area contributed by atoms with Gasteiger partial charge in [-0.05, 0) is 23.8 Å². The molecule has 0 spiro atoms. The van der Waals surface area contributed by atoms with Gasteiger partial charge < -0.3 is 0 Å². The molecule has 5 heteroatoms. The fourth-order valence-electron chi connectivity index (χ4n) is 1.65. The Morgan fingerprint density at radius 2 is 1.84 bits per heavy atom. The Morgan fingerprint density at radius 1 is 1.11 bits per heavy atom. The number of benzene rings is 1. The number of alkyl halides is 3. The predicted octanol–water partition coefficient (Wildman–Crippen LogP) is 3.97. The largest absolute Gasteiger partial charge is 0.416 e. The summed E-state index contributed by atoms with van der Waals surface area (Å²) < 4.78 is 37.8. The second-order valence-corrected chi connectivity index (χ2v) is 4.07. The van der Waals surface area contributed by atoms with E-state index in [1.807, 2.05) is 0 Å². The third-order valence-electron chi connectivity index (χ3n) is 2.65. The summed E-state index contributed by atoms with van der Waals surface area (Å²) in [5, 5.41) is 0. The van der Waals surface area contributed by atoms with Crippen LogP contribution in [-0.2, 0) is 6.18 Å². The number of ketones is 1. The van der Waals surface area contributed by atoms with Gasteiger partial charge in [0.1, 0.15) is 5.69 Å². The molecule has 0 radical (unpaired) electrons. The minimum absolute atomic E-state index is 0.185. The summed E-state index contributed by atoms with van der Waals surface area (Å²) >= 11 is 0. The molecule has 1 aromatic carbocycles. The van der Waals surface area contributed by atoms with Crippen molar-refractivity contribution < 1.29 is 18.0 Å². The highest BCUT2D eigenvalue weighted by Crippen LogP contribution is 2.31. The lowest BCUT2D eigenvalue weighted by Gasteiger charge is -2.08. The van der Waals surface area contributed by atoms with Crippen molar-refractivity contribution in [3.8, 4) is 11.1 Å². The molecule has 1 heterocycles. The molecule has 2 rings (SSSR count). The third kappa shape index (κ3) is 2.99. The van der Waals surface area contributed by atoms with E-state index in [1.54, 1.807) is 12.1 Å². The van der Waals surface area contributed by atoms with Crippen LogP contribution in [0.25, 0.3) is 11.1 Å². The molecular formula is C14H10F3NO. The molecule has 0 aliphatic heterocycles. The number of nitrogens with zero attached hydrogens (tertiary/aromatic N) is 1. The topological polar surface area (TPSA) is 30.0 Å². The smallest absolute Gasteiger partial charge is 0.293 e. The van der Waals surface area contributed by atoms with Gasteiger partial charge in [-0.25, -0.2) is 0 Å². The number of pyridine rings is 1. The lowest BCUT2D eigenvalue weighted by Crippen LogP contribution is -2.04. The van der Waals surface area contributed by atoms with Crippen molar-refractivity contribution in [3.05, 3.63) is 53.9 Å². The van der Waals surface area contributed by atoms with Crippen molar-refractivity contribution in [2.45, 2.75) is 13.1 Å². The molecule has 0 saturated heterocycles. The molecule has 2 nitrogen and oxygen atoms in total. The molecule has 0 aliphatic carbocycles. The molecule has 0 unspecified atom stereocenters. The molecule has 0 fully saturated rings. The zero-order valence-electron chi connectivity index (χ0n) is 10.0. The average Bonchev–Trinajstić information content (AvgIpc) is 2.38. The number of aromatic nitrogens is 1. The van der Waals surface area contributed by atoms with Crippen LogP contribution in [0.3, 0.4) is 0 Å². The van der Waals surface area contributed by atoms with E-state index < -0.39 is 11.7 Å². The lowest BCUT2D eigenvalue weighted by molar-refractivity contribution is -0.137. The van der Waals surface area contributed by atoms with Crippen LogP contribution in [0.5, 0.6) is 0 Å². The van der Waals surface area contributed by atoms with Crippen molar-refractivity contribution in [1.82, 2.24) is 4.98 Å². The van der Waals surface area contributed by atoms with Gasteiger partial charge in [0.05, 0.1) is 5.56 Å². The van der Waals surface area contributed by atoms with Crippen LogP contribution in [0, 0.1) is 0 Å². The fourth-order valence-corrected chi connectivity index (χ4v) is 1.65. The van der Waals surface area contributed by atoms with Crippen molar-refractivity contribution >= 4 is 5.78 Å². The number of carbonyl (C=O) groups excluding carboxylic acids is 1. The average molecular weight is 265 g/mol. The maximum Gasteiger partial charge on any atom is 0.416 e. The predicted molar refractivity (Wildman–Crippen MR) is 64.7 cm³/mol. The number of Topliss-reactive ketones (excluding diaryl/α,β-unsaturated/α-hetero) is 1. The van der Waals surface area contributed by atoms with Gasteiger partial charge in [-0.15, -0.1) is 0 Å². The molecule has 2 aromatic rings. The van der Waals surface area contributed by atoms with E-state index >= 15 is 0 Å². The highest BCUT2D eigenvalue weighted by Gasteiger charge is 2.30. The zero-order valence-corrected chi connectivity index (χ0v) is 10.0. The van der Waals surface area contributed by atoms with E-state index in [9.17, 15) is 18.0 Å². The third-order valence-corrected chi connectivity index (χ3v) is 2.65. The van der Waals surface area contributed by atoms with Crippen molar-refractivity contribution in [2.75, 3.05) is 0 Å². The molecule has 0 amide bonds. The molecule has 0 saturated carbocycles. The van der Waals surface area contributed by atoms with Crippen LogP contribution < -0.4 is 0 Å². The Balaban J connectivity index is 2.39. The van der Waals surface area contributed by atoms with Gasteiger partial charge in [-0.3, -0.25) is 9.78 Å². The molecule has 0 aliphatic rings. The highest BCUT2D eigenvalue weighted by molar-refractivity contribution is 5.92. The van der Waals surface area contributed by atoms with Crippen LogP contribution in [-0.4, -0.2) is 10.8 Å². The number of hydrogen-bond donors (Lipinski definition) is 0. The number of rotatable bonds is 2. The molecular weight excluding hydrogens is 255 g/mol. The van der Waals surface area contributed by atoms with E-state index in [1.165, 1.54) is 25.3 Å². The number of halogens is 3. The lowest BCUT2D eigenvalue weighted by atomic mass is 10.0. The zero-order chi connectivity index (χ0) is 14.0. The Labute approximate surface area is 107 Å². The summed E-state index contributed by atoms with van der Waals surface area (Å²) in [5.41, 5.74) is 0.532. The normalized spacial score (nSPS) is 11.4. The summed E-state index contributed by atoms with van der Waals surface area (Å²) in [6, 6.07) is 8.07. The first kappa shape index (κ1) is 13.3. The molecule has 0 N–H and O–H groups in total. The Hall–Kier alpha value is -2.17. The second kappa shape index (κ2) is 4.84. The van der Waals surface area contributed by atoms with Crippen molar-refractivity contribution in [1.29, 1.82) is 0 Å². The van der Waals surface area contributed by atoms with Crippen molar-refractivity contribution in [2.24, 2.45) is 0 Å². The van der Waals surface area contributed by atoms with Crippen LogP contribution in [0.1, 0.15) is 23.0 Å². The van der Waals surface area contributed by atoms with E-state index in [4.69, 9.17) is 0 Å². The van der Waals surface area contributed by atoms with Gasteiger partial charge in [0.2, 0.25) is 0 Å². The van der Waals surface area contributed by atoms with Gasteiger partial charge in [-0.2, -0.15) is 13.2 Å². The summed E-state index contributed by atoms with van der Waals surface area (Å²) in [4.78, 5) is 15.0. The fraction of sp³-hybridized carbons (Fsp3) is 0.143. The first-order valence-corrected chi connectivity index (χ1v) is 5.52. The van der Waals surface area contributed by atoms with Gasteiger partial charge in [0.25, 0.3) is 0 Å². The first-order valence-electron chi connectivity index (χ1n) is 5.52. The Kier molecular flexibility index (Phi) is 3.38. The van der Waals surface area contributed by atoms with Crippen LogP contribution in [0.15, 0.2) is 42.6 Å². The van der Waals surface area contributed by atoms with Gasteiger partial charge in [0.15, 0.2) is 5.78 Å². The number of hydrogen-bond acceptors (Lipinski definition) is 2. The second-order valence-electron chi connectivity index (χ2n) is 4.07. The molecule has 1 aromatic heterocycles. The molecule has 0 atom stereocenters. The standard InChI is InChI=1S/C14H10F3NO/c1-9(19)13-6-5-11(8-18-13)10-3-2-4-12(7-10)14(15,16)17/h2-8H,1H3. The summed E-state index contributed by atoms with van der Waals surface area (Å²) in [6.45, 7) is 1.38. The molecule has 19 heavy (non-hydrogen) atoms. The van der Waals surface area contributed by atoms with Crippen LogP contribution >= 0.6 is 0 Å². The first-order chi connectivity index (χ1) is 8.88. The summed E-state index contributed by atoms with van der Waals surface area (Å²) in [7, 11) is 0. The summed E-state index contributed by atoms with van der Waals surface area (Å²) in [6.07, 6.45) is -2.98. The SMILES string of the molecule is CC(=O)c1ccc(-c2cccc(C(F)(F)F)c2)cn1. The Morgan fingerprint density at radius 3 is 2.37 bits per heavy atom. The highest BCUT2D eigenvalue weighted by atomic mass is 19.4. The van der Waals surface area contributed by atoms with E-state index in [0.29, 0.717) is 11.1 Å². The maximum absolute atomic E-state index is 12.6. The van der Waals surface area contributed by atoms with E-state index in [2.05, 4.69) is 4.98 Å². The van der Waals surface area contributed by atoms with E-state index in [-0.39, 0.29) is 11.5 Å². The molecule has 98 valence electrons. The Bertz CT molecular complexity index is 603. The molecule has 0 bridgehead atoms. The van der Waals surface area contributed by atoms with E-state index in [0.717, 1.165) is 12.1 Å². The quantitative estimate of drug-likeness (QED) is 0.769.